The number of hydrogen-bond donors (Lipinski definition) is 1. The van der Waals surface area contributed by atoms with Crippen LogP contribution >= 0.6 is 0 Å². The van der Waals surface area contributed by atoms with Crippen LogP contribution in [0.1, 0.15) is 67.6 Å². The van der Waals surface area contributed by atoms with Crippen LogP contribution in [0.25, 0.3) is 0 Å². The number of carbonyl (C=O) groups is 2. The highest BCUT2D eigenvalue weighted by Gasteiger charge is 2.50. The topological polar surface area (TPSA) is 49.4 Å². The van der Waals surface area contributed by atoms with Crippen molar-refractivity contribution >= 4 is 11.8 Å². The Morgan fingerprint density at radius 2 is 1.73 bits per heavy atom. The summed E-state index contributed by atoms with van der Waals surface area (Å²) in [4.78, 5) is 28.4. The van der Waals surface area contributed by atoms with Crippen molar-refractivity contribution in [2.75, 3.05) is 19.6 Å². The smallest absolute Gasteiger partial charge is 0.233 e. The number of hydrogen-bond acceptors (Lipinski definition) is 2. The molecule has 0 bridgehead atoms. The minimum atomic E-state index is -0.400. The number of nitrogens with one attached hydrogen (secondary N) is 1. The van der Waals surface area contributed by atoms with E-state index in [1.807, 2.05) is 31.2 Å². The number of benzene rings is 2. The molecule has 0 unspecified atom stereocenters. The summed E-state index contributed by atoms with van der Waals surface area (Å²) in [5, 5.41) is 3.04. The van der Waals surface area contributed by atoms with Crippen molar-refractivity contribution in [3.8, 4) is 0 Å². The molecule has 2 saturated heterocycles. The summed E-state index contributed by atoms with van der Waals surface area (Å²) in [5.74, 6) is 0.258. The number of halogens is 1. The molecule has 4 nitrogen and oxygen atoms in total. The van der Waals surface area contributed by atoms with E-state index in [1.54, 1.807) is 6.07 Å². The predicted molar refractivity (Wildman–Crippen MR) is 126 cm³/mol. The second-order valence-electron chi connectivity index (χ2n) is 10.3. The summed E-state index contributed by atoms with van der Waals surface area (Å²) in [5.41, 5.74) is 2.61. The first-order valence-corrected chi connectivity index (χ1v) is 12.3. The van der Waals surface area contributed by atoms with Gasteiger partial charge in [-0.3, -0.25) is 9.59 Å². The van der Waals surface area contributed by atoms with Gasteiger partial charge in [0.05, 0.1) is 5.41 Å². The summed E-state index contributed by atoms with van der Waals surface area (Å²) >= 11 is 0. The average Bonchev–Trinajstić information content (AvgIpc) is 3.32. The Kier molecular flexibility index (Phi) is 5.75. The molecule has 1 N–H and O–H groups in total. The lowest BCUT2D eigenvalue weighted by atomic mass is 9.62. The van der Waals surface area contributed by atoms with Gasteiger partial charge in [-0.05, 0) is 66.8 Å². The standard InChI is InChI=1S/C28H33FN2O2/c1-20-17-22(29)9-10-23(20)24-19-30-25(32)18-27(24)13-15-31(16-14-27)26(33)28(11-5-6-12-28)21-7-3-2-4-8-21/h2-4,7-10,17,24H,5-6,11-16,18-19H2,1H3,(H,30,32)/t24-/m0/s1. The Labute approximate surface area is 195 Å². The van der Waals surface area contributed by atoms with E-state index < -0.39 is 5.41 Å². The van der Waals surface area contributed by atoms with Crippen molar-refractivity contribution in [3.05, 3.63) is 71.0 Å². The monoisotopic (exact) mass is 448 g/mol. The van der Waals surface area contributed by atoms with Gasteiger partial charge in [0.15, 0.2) is 0 Å². The van der Waals surface area contributed by atoms with Crippen LogP contribution in [0, 0.1) is 18.2 Å². The van der Waals surface area contributed by atoms with E-state index in [4.69, 9.17) is 0 Å². The van der Waals surface area contributed by atoms with Crippen LogP contribution in [0.2, 0.25) is 0 Å². The van der Waals surface area contributed by atoms with Crippen molar-refractivity contribution in [3.63, 3.8) is 0 Å². The fourth-order valence-electron chi connectivity index (χ4n) is 6.75. The Morgan fingerprint density at radius 3 is 2.39 bits per heavy atom. The molecule has 1 spiro atoms. The Hall–Kier alpha value is -2.69. The zero-order valence-corrected chi connectivity index (χ0v) is 19.4. The maximum absolute atomic E-state index is 13.9. The first-order valence-electron chi connectivity index (χ1n) is 12.3. The minimum absolute atomic E-state index is 0.0855. The van der Waals surface area contributed by atoms with E-state index in [0.717, 1.165) is 55.2 Å². The highest BCUT2D eigenvalue weighted by atomic mass is 19.1. The van der Waals surface area contributed by atoms with E-state index in [1.165, 1.54) is 6.07 Å². The highest BCUT2D eigenvalue weighted by Crippen LogP contribution is 2.50. The third-order valence-electron chi connectivity index (χ3n) is 8.60. The molecular formula is C28H33FN2O2. The molecule has 2 aromatic carbocycles. The van der Waals surface area contributed by atoms with Crippen LogP contribution in [0.4, 0.5) is 4.39 Å². The third kappa shape index (κ3) is 3.85. The van der Waals surface area contributed by atoms with Crippen molar-refractivity contribution in [2.24, 2.45) is 5.41 Å². The van der Waals surface area contributed by atoms with Crippen molar-refractivity contribution in [2.45, 2.75) is 63.2 Å². The molecule has 1 saturated carbocycles. The van der Waals surface area contributed by atoms with Gasteiger partial charge < -0.3 is 10.2 Å². The molecule has 2 amide bonds. The van der Waals surface area contributed by atoms with Crippen LogP contribution in [-0.2, 0) is 15.0 Å². The fraction of sp³-hybridized carbons (Fsp3) is 0.500. The Morgan fingerprint density at radius 1 is 1.03 bits per heavy atom. The lowest BCUT2D eigenvalue weighted by Crippen LogP contribution is -2.55. The number of carbonyl (C=O) groups excluding carboxylic acids is 2. The van der Waals surface area contributed by atoms with Crippen LogP contribution < -0.4 is 5.32 Å². The quantitative estimate of drug-likeness (QED) is 0.729. The van der Waals surface area contributed by atoms with Gasteiger partial charge in [-0.25, -0.2) is 4.39 Å². The van der Waals surface area contributed by atoms with E-state index in [9.17, 15) is 14.0 Å². The summed E-state index contributed by atoms with van der Waals surface area (Å²) in [6, 6.07) is 15.3. The van der Waals surface area contributed by atoms with Crippen LogP contribution in [0.15, 0.2) is 48.5 Å². The number of rotatable bonds is 3. The molecule has 2 heterocycles. The first kappa shape index (κ1) is 22.1. The molecule has 174 valence electrons. The van der Waals surface area contributed by atoms with Gasteiger partial charge in [0.1, 0.15) is 5.82 Å². The number of aryl methyl sites for hydroxylation is 1. The van der Waals surface area contributed by atoms with Crippen molar-refractivity contribution < 1.29 is 14.0 Å². The maximum atomic E-state index is 13.9. The third-order valence-corrected chi connectivity index (χ3v) is 8.60. The predicted octanol–water partition coefficient (Wildman–Crippen LogP) is 4.86. The van der Waals surface area contributed by atoms with Crippen molar-refractivity contribution in [1.29, 1.82) is 0 Å². The Balaban J connectivity index is 1.39. The first-order chi connectivity index (χ1) is 15.9. The lowest BCUT2D eigenvalue weighted by molar-refractivity contribution is -0.141. The summed E-state index contributed by atoms with van der Waals surface area (Å²) in [6.45, 7) is 3.88. The number of piperidine rings is 2. The van der Waals surface area contributed by atoms with Gasteiger partial charge in [-0.1, -0.05) is 49.2 Å². The zero-order valence-electron chi connectivity index (χ0n) is 19.4. The number of likely N-dealkylation sites (tertiary alicyclic amines) is 1. The molecule has 0 radical (unpaired) electrons. The van der Waals surface area contributed by atoms with Gasteiger partial charge in [0, 0.05) is 32.0 Å². The summed E-state index contributed by atoms with van der Waals surface area (Å²) < 4.78 is 13.8. The second-order valence-corrected chi connectivity index (χ2v) is 10.3. The molecule has 1 aliphatic carbocycles. The maximum Gasteiger partial charge on any atom is 0.233 e. The highest BCUT2D eigenvalue weighted by molar-refractivity contribution is 5.89. The molecule has 3 aliphatic rings. The average molecular weight is 449 g/mol. The van der Waals surface area contributed by atoms with Crippen molar-refractivity contribution in [1.82, 2.24) is 10.2 Å². The number of nitrogens with zero attached hydrogens (tertiary/aromatic N) is 1. The summed E-state index contributed by atoms with van der Waals surface area (Å²) in [6.07, 6.45) is 6.08. The van der Waals surface area contributed by atoms with Gasteiger partial charge in [-0.15, -0.1) is 0 Å². The molecule has 0 aromatic heterocycles. The lowest BCUT2D eigenvalue weighted by Gasteiger charge is -2.50. The minimum Gasteiger partial charge on any atom is -0.355 e. The molecule has 33 heavy (non-hydrogen) atoms. The fourth-order valence-corrected chi connectivity index (χ4v) is 6.75. The van der Waals surface area contributed by atoms with Crippen LogP contribution in [-0.4, -0.2) is 36.3 Å². The van der Waals surface area contributed by atoms with E-state index in [0.29, 0.717) is 26.1 Å². The normalized spacial score (nSPS) is 24.0. The van der Waals surface area contributed by atoms with Gasteiger partial charge in [0.2, 0.25) is 11.8 Å². The largest absolute Gasteiger partial charge is 0.355 e. The van der Waals surface area contributed by atoms with Gasteiger partial charge in [-0.2, -0.15) is 0 Å². The molecule has 2 aromatic rings. The molecule has 3 fully saturated rings. The van der Waals surface area contributed by atoms with Gasteiger partial charge >= 0.3 is 0 Å². The van der Waals surface area contributed by atoms with Crippen LogP contribution in [0.3, 0.4) is 0 Å². The molecule has 5 rings (SSSR count). The van der Waals surface area contributed by atoms with E-state index in [2.05, 4.69) is 22.3 Å². The molecule has 2 aliphatic heterocycles. The molecule has 1 atom stereocenters. The van der Waals surface area contributed by atoms with Crippen LogP contribution in [0.5, 0.6) is 0 Å². The van der Waals surface area contributed by atoms with E-state index in [-0.39, 0.29) is 29.0 Å². The zero-order chi connectivity index (χ0) is 23.1. The summed E-state index contributed by atoms with van der Waals surface area (Å²) in [7, 11) is 0. The van der Waals surface area contributed by atoms with E-state index >= 15 is 0 Å². The molecule has 5 heteroatoms. The van der Waals surface area contributed by atoms with Gasteiger partial charge in [0.25, 0.3) is 0 Å². The second kappa shape index (κ2) is 8.58. The Bertz CT molecular complexity index is 1040. The number of amides is 2. The molecular weight excluding hydrogens is 415 g/mol. The SMILES string of the molecule is Cc1cc(F)ccc1[C@@H]1CNC(=O)CC12CCN(C(=O)C1(c3ccccc3)CCCC1)CC2.